The second kappa shape index (κ2) is 8.36. The molecule has 0 saturated carbocycles. The molecule has 0 bridgehead atoms. The first-order chi connectivity index (χ1) is 9.45. The summed E-state index contributed by atoms with van der Waals surface area (Å²) in [7, 11) is -3.43. The summed E-state index contributed by atoms with van der Waals surface area (Å²) in [5.41, 5.74) is 0.898. The molecule has 6 heteroatoms. The van der Waals surface area contributed by atoms with Crippen molar-refractivity contribution in [3.8, 4) is 0 Å². The maximum absolute atomic E-state index is 12.2. The summed E-state index contributed by atoms with van der Waals surface area (Å²) in [5.74, 6) is -0.0714. The fraction of sp³-hybridized carbons (Fsp3) is 0.571. The van der Waals surface area contributed by atoms with Crippen molar-refractivity contribution in [3.05, 3.63) is 35.9 Å². The predicted molar refractivity (Wildman–Crippen MR) is 78.8 cm³/mol. The Bertz CT molecular complexity index is 473. The molecule has 1 rings (SSSR count). The zero-order valence-corrected chi connectivity index (χ0v) is 12.8. The Morgan fingerprint density at radius 2 is 1.90 bits per heavy atom. The minimum atomic E-state index is -3.43. The highest BCUT2D eigenvalue weighted by Gasteiger charge is 2.21. The van der Waals surface area contributed by atoms with Gasteiger partial charge >= 0.3 is 0 Å². The molecule has 0 saturated heterocycles. The van der Waals surface area contributed by atoms with E-state index in [1.807, 2.05) is 44.2 Å². The molecule has 20 heavy (non-hydrogen) atoms. The van der Waals surface area contributed by atoms with Gasteiger partial charge in [-0.15, -0.1) is 0 Å². The highest BCUT2D eigenvalue weighted by atomic mass is 32.2. The van der Waals surface area contributed by atoms with E-state index in [1.165, 1.54) is 4.31 Å². The molecular weight excluding hydrogens is 278 g/mol. The van der Waals surface area contributed by atoms with E-state index in [4.69, 9.17) is 9.84 Å². The molecule has 0 aromatic heterocycles. The SMILES string of the molecule is CC(C)OCCS(=O)(=O)N(CCO)Cc1ccccc1. The summed E-state index contributed by atoms with van der Waals surface area (Å²) in [4.78, 5) is 0. The van der Waals surface area contributed by atoms with E-state index >= 15 is 0 Å². The molecule has 1 N–H and O–H groups in total. The number of aliphatic hydroxyl groups is 1. The Labute approximate surface area is 121 Å². The van der Waals surface area contributed by atoms with Gasteiger partial charge in [0.15, 0.2) is 0 Å². The minimum Gasteiger partial charge on any atom is -0.395 e. The average molecular weight is 301 g/mol. The lowest BCUT2D eigenvalue weighted by atomic mass is 10.2. The van der Waals surface area contributed by atoms with Gasteiger partial charge in [0.1, 0.15) is 0 Å². The van der Waals surface area contributed by atoms with Crippen LogP contribution in [0.15, 0.2) is 30.3 Å². The lowest BCUT2D eigenvalue weighted by molar-refractivity contribution is 0.0905. The van der Waals surface area contributed by atoms with Gasteiger partial charge < -0.3 is 9.84 Å². The average Bonchev–Trinajstić information content (AvgIpc) is 2.38. The smallest absolute Gasteiger partial charge is 0.216 e. The van der Waals surface area contributed by atoms with Crippen LogP contribution in [0, 0.1) is 0 Å². The Morgan fingerprint density at radius 1 is 1.25 bits per heavy atom. The molecule has 0 aliphatic carbocycles. The van der Waals surface area contributed by atoms with E-state index in [9.17, 15) is 8.42 Å². The number of aliphatic hydroxyl groups excluding tert-OH is 1. The molecule has 0 unspecified atom stereocenters. The summed E-state index contributed by atoms with van der Waals surface area (Å²) in [6.07, 6.45) is 0.00520. The van der Waals surface area contributed by atoms with Gasteiger partial charge in [-0.2, -0.15) is 4.31 Å². The van der Waals surface area contributed by atoms with Gasteiger partial charge in [0.25, 0.3) is 0 Å². The molecule has 114 valence electrons. The quantitative estimate of drug-likeness (QED) is 0.745. The molecule has 1 aromatic carbocycles. The molecule has 5 nitrogen and oxygen atoms in total. The molecule has 0 heterocycles. The maximum atomic E-state index is 12.2. The zero-order valence-electron chi connectivity index (χ0n) is 12.0. The summed E-state index contributed by atoms with van der Waals surface area (Å²) in [5, 5.41) is 9.05. The molecule has 0 radical (unpaired) electrons. The van der Waals surface area contributed by atoms with Crippen LogP contribution in [0.3, 0.4) is 0 Å². The number of benzene rings is 1. The van der Waals surface area contributed by atoms with Crippen molar-refractivity contribution < 1.29 is 18.3 Å². The third-order valence-electron chi connectivity index (χ3n) is 2.74. The van der Waals surface area contributed by atoms with Crippen LogP contribution in [-0.2, 0) is 21.3 Å². The highest BCUT2D eigenvalue weighted by Crippen LogP contribution is 2.10. The molecule has 0 aliphatic rings. The second-order valence-electron chi connectivity index (χ2n) is 4.78. The van der Waals surface area contributed by atoms with Gasteiger partial charge in [-0.05, 0) is 19.4 Å². The van der Waals surface area contributed by atoms with E-state index in [-0.39, 0.29) is 38.2 Å². The van der Waals surface area contributed by atoms with Gasteiger partial charge in [-0.1, -0.05) is 30.3 Å². The van der Waals surface area contributed by atoms with Gasteiger partial charge in [-0.3, -0.25) is 0 Å². The van der Waals surface area contributed by atoms with Crippen molar-refractivity contribution in [2.45, 2.75) is 26.5 Å². The van der Waals surface area contributed by atoms with E-state index in [0.29, 0.717) is 0 Å². The topological polar surface area (TPSA) is 66.8 Å². The first kappa shape index (κ1) is 17.1. The Kier molecular flexibility index (Phi) is 7.15. The van der Waals surface area contributed by atoms with Crippen LogP contribution in [0.4, 0.5) is 0 Å². The first-order valence-electron chi connectivity index (χ1n) is 6.70. The fourth-order valence-electron chi connectivity index (χ4n) is 1.73. The van der Waals surface area contributed by atoms with Crippen molar-refractivity contribution in [1.29, 1.82) is 0 Å². The predicted octanol–water partition coefficient (Wildman–Crippen LogP) is 1.24. The standard InChI is InChI=1S/C14H23NO4S/c1-13(2)19-10-11-20(17,18)15(8-9-16)12-14-6-4-3-5-7-14/h3-7,13,16H,8-12H2,1-2H3. The van der Waals surface area contributed by atoms with Gasteiger partial charge in [0.2, 0.25) is 10.0 Å². The van der Waals surface area contributed by atoms with Gasteiger partial charge in [-0.25, -0.2) is 8.42 Å². The lowest BCUT2D eigenvalue weighted by Crippen LogP contribution is -2.36. The first-order valence-corrected chi connectivity index (χ1v) is 8.31. The normalized spacial score (nSPS) is 12.2. The molecule has 0 amide bonds. The monoisotopic (exact) mass is 301 g/mol. The van der Waals surface area contributed by atoms with Crippen LogP contribution in [-0.4, -0.2) is 49.4 Å². The van der Waals surface area contributed by atoms with Crippen molar-refractivity contribution in [2.75, 3.05) is 25.5 Å². The van der Waals surface area contributed by atoms with Crippen LogP contribution in [0.5, 0.6) is 0 Å². The minimum absolute atomic E-state index is 0.00520. The number of sulfonamides is 1. The van der Waals surface area contributed by atoms with Gasteiger partial charge in [0.05, 0.1) is 25.1 Å². The molecule has 0 atom stereocenters. The number of rotatable bonds is 9. The number of hydrogen-bond donors (Lipinski definition) is 1. The fourth-order valence-corrected chi connectivity index (χ4v) is 3.00. The van der Waals surface area contributed by atoms with Crippen LogP contribution >= 0.6 is 0 Å². The van der Waals surface area contributed by atoms with E-state index in [0.717, 1.165) is 5.56 Å². The lowest BCUT2D eigenvalue weighted by Gasteiger charge is -2.21. The Hall–Kier alpha value is -0.950. The third kappa shape index (κ3) is 6.00. The summed E-state index contributed by atoms with van der Waals surface area (Å²) in [6.45, 7) is 4.06. The Balaban J connectivity index is 2.68. The molecule has 1 aromatic rings. The van der Waals surface area contributed by atoms with Crippen molar-refractivity contribution >= 4 is 10.0 Å². The van der Waals surface area contributed by atoms with Crippen LogP contribution < -0.4 is 0 Å². The number of nitrogens with zero attached hydrogens (tertiary/aromatic N) is 1. The zero-order chi connectivity index (χ0) is 15.0. The van der Waals surface area contributed by atoms with Crippen molar-refractivity contribution in [1.82, 2.24) is 4.31 Å². The second-order valence-corrected chi connectivity index (χ2v) is 6.87. The molecule has 0 fully saturated rings. The van der Waals surface area contributed by atoms with Crippen LogP contribution in [0.1, 0.15) is 19.4 Å². The van der Waals surface area contributed by atoms with Crippen LogP contribution in [0.2, 0.25) is 0 Å². The van der Waals surface area contributed by atoms with Gasteiger partial charge in [0, 0.05) is 13.1 Å². The molecule has 0 aliphatic heterocycles. The Morgan fingerprint density at radius 3 is 2.45 bits per heavy atom. The van der Waals surface area contributed by atoms with E-state index < -0.39 is 10.0 Å². The molecule has 0 spiro atoms. The van der Waals surface area contributed by atoms with Crippen molar-refractivity contribution in [2.24, 2.45) is 0 Å². The number of hydrogen-bond acceptors (Lipinski definition) is 4. The number of ether oxygens (including phenoxy) is 1. The largest absolute Gasteiger partial charge is 0.395 e. The van der Waals surface area contributed by atoms with Crippen LogP contribution in [0.25, 0.3) is 0 Å². The summed E-state index contributed by atoms with van der Waals surface area (Å²) in [6, 6.07) is 9.34. The highest BCUT2D eigenvalue weighted by molar-refractivity contribution is 7.89. The maximum Gasteiger partial charge on any atom is 0.216 e. The summed E-state index contributed by atoms with van der Waals surface area (Å²) < 4.78 is 31.1. The van der Waals surface area contributed by atoms with Crippen molar-refractivity contribution in [3.63, 3.8) is 0 Å². The molecular formula is C14H23NO4S. The third-order valence-corrected chi connectivity index (χ3v) is 4.52. The van der Waals surface area contributed by atoms with E-state index in [1.54, 1.807) is 0 Å². The van der Waals surface area contributed by atoms with E-state index in [2.05, 4.69) is 0 Å². The summed E-state index contributed by atoms with van der Waals surface area (Å²) >= 11 is 0.